The second-order valence-corrected chi connectivity index (χ2v) is 8.98. The molecular formula is C23H42O6. The van der Waals surface area contributed by atoms with Crippen LogP contribution in [0.5, 0.6) is 0 Å². The van der Waals surface area contributed by atoms with Gasteiger partial charge in [0.15, 0.2) is 0 Å². The van der Waals surface area contributed by atoms with Gasteiger partial charge in [-0.25, -0.2) is 9.59 Å². The Balaban J connectivity index is 2.11. The van der Waals surface area contributed by atoms with E-state index >= 15 is 0 Å². The van der Waals surface area contributed by atoms with E-state index in [0.717, 1.165) is 50.9 Å². The van der Waals surface area contributed by atoms with Crippen LogP contribution in [-0.2, 0) is 18.9 Å². The fourth-order valence-corrected chi connectivity index (χ4v) is 3.47. The SMILES string of the molecule is CC(C)CCCCCCOC(=O)OC1CCCC(OC(=O)OCCCC(C)C)C1. The van der Waals surface area contributed by atoms with Crippen molar-refractivity contribution in [1.29, 1.82) is 0 Å². The van der Waals surface area contributed by atoms with Gasteiger partial charge in [-0.15, -0.1) is 0 Å². The molecule has 2 atom stereocenters. The minimum absolute atomic E-state index is 0.263. The van der Waals surface area contributed by atoms with Crippen LogP contribution in [0.2, 0.25) is 0 Å². The van der Waals surface area contributed by atoms with Crippen molar-refractivity contribution in [2.75, 3.05) is 13.2 Å². The van der Waals surface area contributed by atoms with Crippen LogP contribution in [0.25, 0.3) is 0 Å². The number of carbonyl (C=O) groups is 2. The predicted molar refractivity (Wildman–Crippen MR) is 113 cm³/mol. The first-order valence-corrected chi connectivity index (χ1v) is 11.5. The van der Waals surface area contributed by atoms with Crippen LogP contribution in [0.4, 0.5) is 9.59 Å². The number of hydrogen-bond acceptors (Lipinski definition) is 6. The van der Waals surface area contributed by atoms with Crippen molar-refractivity contribution >= 4 is 12.3 Å². The fourth-order valence-electron chi connectivity index (χ4n) is 3.47. The van der Waals surface area contributed by atoms with Gasteiger partial charge < -0.3 is 18.9 Å². The van der Waals surface area contributed by atoms with Crippen molar-refractivity contribution in [3.8, 4) is 0 Å². The van der Waals surface area contributed by atoms with Crippen molar-refractivity contribution in [2.45, 2.75) is 111 Å². The first-order valence-electron chi connectivity index (χ1n) is 11.5. The highest BCUT2D eigenvalue weighted by Gasteiger charge is 2.28. The number of carbonyl (C=O) groups excluding carboxylic acids is 2. The second kappa shape index (κ2) is 15.4. The molecule has 1 fully saturated rings. The molecule has 0 heterocycles. The highest BCUT2D eigenvalue weighted by molar-refractivity contribution is 5.60. The lowest BCUT2D eigenvalue weighted by Gasteiger charge is -2.28. The molecule has 0 aromatic heterocycles. The zero-order valence-corrected chi connectivity index (χ0v) is 19.0. The lowest BCUT2D eigenvalue weighted by atomic mass is 9.95. The van der Waals surface area contributed by atoms with Crippen LogP contribution in [-0.4, -0.2) is 37.7 Å². The average molecular weight is 415 g/mol. The molecule has 0 bridgehead atoms. The molecule has 0 amide bonds. The summed E-state index contributed by atoms with van der Waals surface area (Å²) in [4.78, 5) is 23.7. The Kier molecular flexibility index (Phi) is 13.6. The Morgan fingerprint density at radius 2 is 1.21 bits per heavy atom. The Hall–Kier alpha value is -1.46. The number of rotatable bonds is 13. The Bertz CT molecular complexity index is 449. The Labute approximate surface area is 177 Å². The topological polar surface area (TPSA) is 71.1 Å². The molecule has 0 saturated heterocycles. The molecule has 2 unspecified atom stereocenters. The van der Waals surface area contributed by atoms with Crippen LogP contribution in [0.3, 0.4) is 0 Å². The number of unbranched alkanes of at least 4 members (excludes halogenated alkanes) is 3. The van der Waals surface area contributed by atoms with Gasteiger partial charge in [0.25, 0.3) is 0 Å². The molecular weight excluding hydrogens is 372 g/mol. The molecule has 1 saturated carbocycles. The molecule has 1 aliphatic carbocycles. The molecule has 0 radical (unpaired) electrons. The summed E-state index contributed by atoms with van der Waals surface area (Å²) in [5.41, 5.74) is 0. The van der Waals surface area contributed by atoms with E-state index in [1.54, 1.807) is 0 Å². The van der Waals surface area contributed by atoms with Crippen molar-refractivity contribution in [3.05, 3.63) is 0 Å². The Morgan fingerprint density at radius 3 is 1.76 bits per heavy atom. The van der Waals surface area contributed by atoms with Crippen LogP contribution < -0.4 is 0 Å². The summed E-state index contributed by atoms with van der Waals surface area (Å²) >= 11 is 0. The normalized spacial score (nSPS) is 19.2. The Morgan fingerprint density at radius 1 is 0.724 bits per heavy atom. The third kappa shape index (κ3) is 14.2. The van der Waals surface area contributed by atoms with Gasteiger partial charge in [0.05, 0.1) is 13.2 Å². The summed E-state index contributed by atoms with van der Waals surface area (Å²) in [5.74, 6) is 1.34. The summed E-state index contributed by atoms with van der Waals surface area (Å²) in [6, 6.07) is 0. The first kappa shape index (κ1) is 25.6. The maximum absolute atomic E-state index is 11.9. The molecule has 0 aromatic carbocycles. The summed E-state index contributed by atoms with van der Waals surface area (Å²) in [6.07, 6.45) is 8.57. The van der Waals surface area contributed by atoms with Crippen molar-refractivity contribution in [2.24, 2.45) is 11.8 Å². The summed E-state index contributed by atoms with van der Waals surface area (Å²) < 4.78 is 21.1. The van der Waals surface area contributed by atoms with Gasteiger partial charge in [-0.3, -0.25) is 0 Å². The molecule has 0 aromatic rings. The van der Waals surface area contributed by atoms with Crippen molar-refractivity contribution in [3.63, 3.8) is 0 Å². The van der Waals surface area contributed by atoms with Gasteiger partial charge in [0, 0.05) is 6.42 Å². The molecule has 0 spiro atoms. The smallest absolute Gasteiger partial charge is 0.434 e. The largest absolute Gasteiger partial charge is 0.508 e. The van der Waals surface area contributed by atoms with Gasteiger partial charge in [0.2, 0.25) is 0 Å². The lowest BCUT2D eigenvalue weighted by Crippen LogP contribution is -2.32. The molecule has 1 aliphatic rings. The predicted octanol–water partition coefficient (Wildman–Crippen LogP) is 6.65. The van der Waals surface area contributed by atoms with Gasteiger partial charge in [-0.1, -0.05) is 53.4 Å². The van der Waals surface area contributed by atoms with Gasteiger partial charge in [-0.05, 0) is 50.4 Å². The zero-order valence-electron chi connectivity index (χ0n) is 19.0. The third-order valence-electron chi connectivity index (χ3n) is 5.15. The number of ether oxygens (including phenoxy) is 4. The van der Waals surface area contributed by atoms with E-state index in [-0.39, 0.29) is 12.2 Å². The first-order chi connectivity index (χ1) is 13.9. The van der Waals surface area contributed by atoms with Gasteiger partial charge in [0.1, 0.15) is 12.2 Å². The highest BCUT2D eigenvalue weighted by Crippen LogP contribution is 2.24. The van der Waals surface area contributed by atoms with E-state index in [0.29, 0.717) is 25.6 Å². The molecule has 29 heavy (non-hydrogen) atoms. The van der Waals surface area contributed by atoms with Gasteiger partial charge in [-0.2, -0.15) is 0 Å². The molecule has 0 N–H and O–H groups in total. The van der Waals surface area contributed by atoms with E-state index in [2.05, 4.69) is 27.7 Å². The van der Waals surface area contributed by atoms with E-state index < -0.39 is 12.3 Å². The summed E-state index contributed by atoms with van der Waals surface area (Å²) in [6.45, 7) is 9.52. The van der Waals surface area contributed by atoms with Crippen molar-refractivity contribution < 1.29 is 28.5 Å². The average Bonchev–Trinajstić information content (AvgIpc) is 2.64. The quantitative estimate of drug-likeness (QED) is 0.248. The maximum Gasteiger partial charge on any atom is 0.508 e. The lowest BCUT2D eigenvalue weighted by molar-refractivity contribution is -0.0351. The van der Waals surface area contributed by atoms with E-state index in [9.17, 15) is 9.59 Å². The van der Waals surface area contributed by atoms with Gasteiger partial charge >= 0.3 is 12.3 Å². The monoisotopic (exact) mass is 414 g/mol. The second-order valence-electron chi connectivity index (χ2n) is 8.98. The molecule has 6 heteroatoms. The van der Waals surface area contributed by atoms with E-state index in [1.165, 1.54) is 19.3 Å². The minimum atomic E-state index is -0.626. The highest BCUT2D eigenvalue weighted by atomic mass is 16.7. The van der Waals surface area contributed by atoms with Crippen LogP contribution in [0.15, 0.2) is 0 Å². The molecule has 6 nitrogen and oxygen atoms in total. The van der Waals surface area contributed by atoms with Crippen LogP contribution >= 0.6 is 0 Å². The zero-order chi connectivity index (χ0) is 21.5. The third-order valence-corrected chi connectivity index (χ3v) is 5.15. The molecule has 170 valence electrons. The summed E-state index contributed by atoms with van der Waals surface area (Å²) in [5, 5.41) is 0. The maximum atomic E-state index is 11.9. The van der Waals surface area contributed by atoms with E-state index in [1.807, 2.05) is 0 Å². The van der Waals surface area contributed by atoms with E-state index in [4.69, 9.17) is 18.9 Å². The molecule has 1 rings (SSSR count). The van der Waals surface area contributed by atoms with Crippen LogP contribution in [0, 0.1) is 11.8 Å². The summed E-state index contributed by atoms with van der Waals surface area (Å²) in [7, 11) is 0. The number of hydrogen-bond donors (Lipinski definition) is 0. The van der Waals surface area contributed by atoms with Crippen molar-refractivity contribution in [1.82, 2.24) is 0 Å². The fraction of sp³-hybridized carbons (Fsp3) is 0.913. The van der Waals surface area contributed by atoms with Crippen LogP contribution in [0.1, 0.15) is 98.3 Å². The molecule has 0 aliphatic heterocycles. The standard InChI is InChI=1S/C23H42O6/c1-18(2)11-7-5-6-8-15-26-22(24)28-20-13-9-14-21(17-20)29-23(25)27-16-10-12-19(3)4/h18-21H,5-17H2,1-4H3. The minimum Gasteiger partial charge on any atom is -0.434 e.